The Kier molecular flexibility index (Phi) is 4.36. The number of nitrogens with zero attached hydrogens (tertiary/aromatic N) is 3. The number of aromatic nitrogens is 1. The van der Waals surface area contributed by atoms with Gasteiger partial charge in [-0.1, -0.05) is 18.2 Å². The molecular weight excluding hydrogens is 278 g/mol. The number of benzene rings is 1. The molecule has 0 aliphatic carbocycles. The summed E-state index contributed by atoms with van der Waals surface area (Å²) in [6, 6.07) is 6.00. The molecule has 116 valence electrons. The SMILES string of the molecule is Cc1cccc2cncc(C(=O)N3CCN(CCO)CC3)c12. The third kappa shape index (κ3) is 2.82. The molecule has 1 aromatic carbocycles. The molecule has 1 saturated heterocycles. The first-order valence-corrected chi connectivity index (χ1v) is 7.66. The van der Waals surface area contributed by atoms with Crippen LogP contribution < -0.4 is 0 Å². The Morgan fingerprint density at radius 1 is 1.23 bits per heavy atom. The quantitative estimate of drug-likeness (QED) is 0.928. The molecule has 0 radical (unpaired) electrons. The van der Waals surface area contributed by atoms with Gasteiger partial charge < -0.3 is 10.0 Å². The molecule has 0 bridgehead atoms. The number of rotatable bonds is 3. The lowest BCUT2D eigenvalue weighted by molar-refractivity contribution is 0.0616. The van der Waals surface area contributed by atoms with Crippen LogP contribution in [0.1, 0.15) is 15.9 Å². The summed E-state index contributed by atoms with van der Waals surface area (Å²) < 4.78 is 0. The van der Waals surface area contributed by atoms with Crippen LogP contribution in [0.3, 0.4) is 0 Å². The Balaban J connectivity index is 1.84. The Labute approximate surface area is 130 Å². The van der Waals surface area contributed by atoms with E-state index in [1.807, 2.05) is 30.0 Å². The lowest BCUT2D eigenvalue weighted by Crippen LogP contribution is -2.49. The first kappa shape index (κ1) is 14.9. The number of aliphatic hydroxyl groups excluding tert-OH is 1. The average Bonchev–Trinajstić information content (AvgIpc) is 2.55. The summed E-state index contributed by atoms with van der Waals surface area (Å²) >= 11 is 0. The Morgan fingerprint density at radius 2 is 2.00 bits per heavy atom. The van der Waals surface area contributed by atoms with E-state index in [-0.39, 0.29) is 12.5 Å². The first-order valence-electron chi connectivity index (χ1n) is 7.66. The van der Waals surface area contributed by atoms with Crippen molar-refractivity contribution in [2.75, 3.05) is 39.3 Å². The fourth-order valence-corrected chi connectivity index (χ4v) is 3.07. The van der Waals surface area contributed by atoms with Gasteiger partial charge in [0.05, 0.1) is 12.2 Å². The van der Waals surface area contributed by atoms with Gasteiger partial charge in [-0.15, -0.1) is 0 Å². The summed E-state index contributed by atoms with van der Waals surface area (Å²) in [7, 11) is 0. The minimum absolute atomic E-state index is 0.0519. The van der Waals surface area contributed by atoms with Gasteiger partial charge in [-0.05, 0) is 12.5 Å². The van der Waals surface area contributed by atoms with Gasteiger partial charge in [0.1, 0.15) is 0 Å². The number of piperazine rings is 1. The van der Waals surface area contributed by atoms with Crippen LogP contribution in [0.25, 0.3) is 10.8 Å². The van der Waals surface area contributed by atoms with Gasteiger partial charge in [0.25, 0.3) is 5.91 Å². The van der Waals surface area contributed by atoms with Crippen LogP contribution in [0.2, 0.25) is 0 Å². The van der Waals surface area contributed by atoms with Gasteiger partial charge in [0.2, 0.25) is 0 Å². The van der Waals surface area contributed by atoms with E-state index in [9.17, 15) is 4.79 Å². The molecule has 5 heteroatoms. The molecule has 1 fully saturated rings. The number of carbonyl (C=O) groups excluding carboxylic acids is 1. The topological polar surface area (TPSA) is 56.7 Å². The van der Waals surface area contributed by atoms with Gasteiger partial charge >= 0.3 is 0 Å². The third-order valence-electron chi connectivity index (χ3n) is 4.30. The number of β-amino-alcohol motifs (C(OH)–C–C–N with tert-alkyl or cyclic N) is 1. The van der Waals surface area contributed by atoms with Crippen molar-refractivity contribution >= 4 is 16.7 Å². The normalized spacial score (nSPS) is 16.2. The summed E-state index contributed by atoms with van der Waals surface area (Å²) in [5.74, 6) is 0.0519. The minimum Gasteiger partial charge on any atom is -0.395 e. The molecule has 3 rings (SSSR count). The van der Waals surface area contributed by atoms with Gasteiger partial charge in [0, 0.05) is 55.9 Å². The van der Waals surface area contributed by atoms with E-state index in [0.29, 0.717) is 25.2 Å². The number of aryl methyl sites for hydroxylation is 1. The number of hydrogen-bond acceptors (Lipinski definition) is 4. The summed E-state index contributed by atoms with van der Waals surface area (Å²) in [4.78, 5) is 21.1. The molecular formula is C17H21N3O2. The van der Waals surface area contributed by atoms with Crippen LogP contribution in [0.4, 0.5) is 0 Å². The number of aliphatic hydroxyl groups is 1. The van der Waals surface area contributed by atoms with E-state index < -0.39 is 0 Å². The predicted octanol–water partition coefficient (Wildman–Crippen LogP) is 1.29. The molecule has 5 nitrogen and oxygen atoms in total. The Bertz CT molecular complexity index is 673. The molecule has 2 aromatic rings. The number of hydrogen-bond donors (Lipinski definition) is 1. The number of carbonyl (C=O) groups is 1. The average molecular weight is 299 g/mol. The zero-order valence-electron chi connectivity index (χ0n) is 12.8. The highest BCUT2D eigenvalue weighted by Crippen LogP contribution is 2.23. The molecule has 1 amide bonds. The van der Waals surface area contributed by atoms with Gasteiger partial charge in [0.15, 0.2) is 0 Å². The molecule has 22 heavy (non-hydrogen) atoms. The third-order valence-corrected chi connectivity index (χ3v) is 4.30. The standard InChI is InChI=1S/C17H21N3O2/c1-13-3-2-4-14-11-18-12-15(16(13)14)17(22)20-7-5-19(6-8-20)9-10-21/h2-4,11-12,21H,5-10H2,1H3. The molecule has 1 N–H and O–H groups in total. The van der Waals surface area contributed by atoms with Crippen LogP contribution in [0.15, 0.2) is 30.6 Å². The number of amides is 1. The van der Waals surface area contributed by atoms with Crippen molar-refractivity contribution in [3.8, 4) is 0 Å². The van der Waals surface area contributed by atoms with E-state index in [0.717, 1.165) is 29.4 Å². The van der Waals surface area contributed by atoms with Crippen molar-refractivity contribution in [1.82, 2.24) is 14.8 Å². The zero-order chi connectivity index (χ0) is 15.5. The maximum absolute atomic E-state index is 12.8. The maximum Gasteiger partial charge on any atom is 0.256 e. The van der Waals surface area contributed by atoms with Crippen molar-refractivity contribution in [2.24, 2.45) is 0 Å². The molecule has 0 spiro atoms. The van der Waals surface area contributed by atoms with Crippen LogP contribution in [0.5, 0.6) is 0 Å². The molecule has 0 atom stereocenters. The van der Waals surface area contributed by atoms with E-state index >= 15 is 0 Å². The molecule has 2 heterocycles. The summed E-state index contributed by atoms with van der Waals surface area (Å²) in [5, 5.41) is 11.0. The Morgan fingerprint density at radius 3 is 2.73 bits per heavy atom. The highest BCUT2D eigenvalue weighted by molar-refractivity contribution is 6.07. The van der Waals surface area contributed by atoms with Crippen LogP contribution in [-0.2, 0) is 0 Å². The first-order chi connectivity index (χ1) is 10.7. The van der Waals surface area contributed by atoms with E-state index in [1.54, 1.807) is 12.4 Å². The van der Waals surface area contributed by atoms with E-state index in [4.69, 9.17) is 5.11 Å². The molecule has 0 unspecified atom stereocenters. The second-order valence-corrected chi connectivity index (χ2v) is 5.72. The monoisotopic (exact) mass is 299 g/mol. The summed E-state index contributed by atoms with van der Waals surface area (Å²) in [6.07, 6.45) is 3.48. The highest BCUT2D eigenvalue weighted by atomic mass is 16.3. The van der Waals surface area contributed by atoms with Crippen molar-refractivity contribution in [3.63, 3.8) is 0 Å². The molecule has 1 aliphatic heterocycles. The van der Waals surface area contributed by atoms with Gasteiger partial charge in [-0.25, -0.2) is 0 Å². The van der Waals surface area contributed by atoms with Crippen LogP contribution >= 0.6 is 0 Å². The Hall–Kier alpha value is -1.98. The smallest absolute Gasteiger partial charge is 0.256 e. The fourth-order valence-electron chi connectivity index (χ4n) is 3.07. The molecule has 0 saturated carbocycles. The molecule has 1 aliphatic rings. The van der Waals surface area contributed by atoms with Crippen molar-refractivity contribution in [1.29, 1.82) is 0 Å². The van der Waals surface area contributed by atoms with Gasteiger partial charge in [-0.2, -0.15) is 0 Å². The highest BCUT2D eigenvalue weighted by Gasteiger charge is 2.23. The zero-order valence-corrected chi connectivity index (χ0v) is 12.8. The minimum atomic E-state index is 0.0519. The lowest BCUT2D eigenvalue weighted by atomic mass is 10.0. The van der Waals surface area contributed by atoms with Crippen molar-refractivity contribution < 1.29 is 9.90 Å². The van der Waals surface area contributed by atoms with E-state index in [1.165, 1.54) is 0 Å². The summed E-state index contributed by atoms with van der Waals surface area (Å²) in [6.45, 7) is 5.88. The van der Waals surface area contributed by atoms with Gasteiger partial charge in [-0.3, -0.25) is 14.7 Å². The largest absolute Gasteiger partial charge is 0.395 e. The van der Waals surface area contributed by atoms with Crippen LogP contribution in [-0.4, -0.2) is 65.1 Å². The second kappa shape index (κ2) is 6.42. The lowest BCUT2D eigenvalue weighted by Gasteiger charge is -2.34. The number of pyridine rings is 1. The number of fused-ring (bicyclic) bond motifs is 1. The van der Waals surface area contributed by atoms with Crippen molar-refractivity contribution in [2.45, 2.75) is 6.92 Å². The van der Waals surface area contributed by atoms with Crippen LogP contribution in [0, 0.1) is 6.92 Å². The molecule has 1 aromatic heterocycles. The fraction of sp³-hybridized carbons (Fsp3) is 0.412. The second-order valence-electron chi connectivity index (χ2n) is 5.72. The van der Waals surface area contributed by atoms with Crippen molar-refractivity contribution in [3.05, 3.63) is 41.7 Å². The van der Waals surface area contributed by atoms with E-state index in [2.05, 4.69) is 9.88 Å². The maximum atomic E-state index is 12.8. The summed E-state index contributed by atoms with van der Waals surface area (Å²) in [5.41, 5.74) is 1.79. The predicted molar refractivity (Wildman–Crippen MR) is 85.9 cm³/mol.